The third-order valence-electron chi connectivity index (χ3n) is 3.66. The van der Waals surface area contributed by atoms with E-state index in [9.17, 15) is 9.59 Å². The minimum Gasteiger partial charge on any atom is -0.487 e. The summed E-state index contributed by atoms with van der Waals surface area (Å²) in [5, 5.41) is 2.61. The summed E-state index contributed by atoms with van der Waals surface area (Å²) in [7, 11) is 0. The van der Waals surface area contributed by atoms with Gasteiger partial charge in [0.25, 0.3) is 0 Å². The molecule has 132 valence electrons. The van der Waals surface area contributed by atoms with Crippen molar-refractivity contribution in [1.82, 2.24) is 0 Å². The number of thioether (sulfide) groups is 1. The van der Waals surface area contributed by atoms with Gasteiger partial charge in [-0.3, -0.25) is 0 Å². The van der Waals surface area contributed by atoms with Crippen LogP contribution in [0, 0.1) is 0 Å². The molecule has 2 aliphatic heterocycles. The SMILES string of the molecule is CCOC(=O)C1=CSC(OCC)=C2C(=O)Oc3c(Cl)cc(Cl)cc3C12. The van der Waals surface area contributed by atoms with Crippen LogP contribution in [0.5, 0.6) is 5.75 Å². The predicted octanol–water partition coefficient (Wildman–Crippen LogP) is 4.44. The molecule has 0 fully saturated rings. The fourth-order valence-electron chi connectivity index (χ4n) is 2.72. The molecule has 2 heterocycles. The molecule has 0 aliphatic carbocycles. The highest BCUT2D eigenvalue weighted by Crippen LogP contribution is 2.51. The molecule has 3 rings (SSSR count). The van der Waals surface area contributed by atoms with E-state index in [1.54, 1.807) is 18.4 Å². The average Bonchev–Trinajstić information content (AvgIpc) is 2.56. The fraction of sp³-hybridized carbons (Fsp3) is 0.294. The van der Waals surface area contributed by atoms with Crippen molar-refractivity contribution in [2.75, 3.05) is 13.2 Å². The lowest BCUT2D eigenvalue weighted by atomic mass is 9.83. The zero-order valence-electron chi connectivity index (χ0n) is 13.4. The number of esters is 2. The van der Waals surface area contributed by atoms with Gasteiger partial charge in [0.05, 0.1) is 35.3 Å². The summed E-state index contributed by atoms with van der Waals surface area (Å²) in [6.45, 7) is 4.12. The maximum atomic E-state index is 12.6. The van der Waals surface area contributed by atoms with E-state index in [-0.39, 0.29) is 23.0 Å². The van der Waals surface area contributed by atoms with Crippen LogP contribution in [-0.2, 0) is 19.1 Å². The monoisotopic (exact) mass is 400 g/mol. The highest BCUT2D eigenvalue weighted by molar-refractivity contribution is 8.05. The molecule has 1 atom stereocenters. The van der Waals surface area contributed by atoms with E-state index in [0.29, 0.717) is 27.9 Å². The molecule has 1 aromatic rings. The second-order valence-corrected chi connectivity index (χ2v) is 6.86. The molecule has 8 heteroatoms. The first-order chi connectivity index (χ1) is 12.0. The number of fused-ring (bicyclic) bond motifs is 3. The Morgan fingerprint density at radius 3 is 2.72 bits per heavy atom. The Hall–Kier alpha value is -1.63. The largest absolute Gasteiger partial charge is 0.487 e. The molecule has 1 unspecified atom stereocenters. The third-order valence-corrected chi connectivity index (χ3v) is 5.08. The topological polar surface area (TPSA) is 61.8 Å². The maximum absolute atomic E-state index is 12.6. The van der Waals surface area contributed by atoms with Crippen molar-refractivity contribution in [2.24, 2.45) is 0 Å². The van der Waals surface area contributed by atoms with Crippen LogP contribution >= 0.6 is 35.0 Å². The van der Waals surface area contributed by atoms with Crippen molar-refractivity contribution < 1.29 is 23.8 Å². The smallest absolute Gasteiger partial charge is 0.344 e. The molecule has 0 radical (unpaired) electrons. The van der Waals surface area contributed by atoms with Gasteiger partial charge in [0.1, 0.15) is 0 Å². The third kappa shape index (κ3) is 3.26. The van der Waals surface area contributed by atoms with E-state index in [4.69, 9.17) is 37.4 Å². The standard InChI is InChI=1S/C17H14Cl2O5S/c1-3-22-15(20)10-7-25-17(23-4-2)13-12(10)9-5-8(18)6-11(19)14(9)24-16(13)21/h5-7,12H,3-4H2,1-2H3. The van der Waals surface area contributed by atoms with Crippen molar-refractivity contribution in [2.45, 2.75) is 19.8 Å². The Morgan fingerprint density at radius 2 is 2.04 bits per heavy atom. The van der Waals surface area contributed by atoms with Gasteiger partial charge in [-0.25, -0.2) is 9.59 Å². The summed E-state index contributed by atoms with van der Waals surface area (Å²) < 4.78 is 16.1. The van der Waals surface area contributed by atoms with Crippen LogP contribution in [0.1, 0.15) is 25.3 Å². The number of benzene rings is 1. The van der Waals surface area contributed by atoms with Crippen LogP contribution < -0.4 is 4.74 Å². The highest BCUT2D eigenvalue weighted by atomic mass is 35.5. The van der Waals surface area contributed by atoms with Crippen molar-refractivity contribution in [3.05, 3.63) is 49.4 Å². The normalized spacial score (nSPS) is 18.8. The Morgan fingerprint density at radius 1 is 1.28 bits per heavy atom. The lowest BCUT2D eigenvalue weighted by Crippen LogP contribution is -2.30. The molecule has 0 aromatic heterocycles. The van der Waals surface area contributed by atoms with E-state index in [2.05, 4.69) is 0 Å². The second kappa shape index (κ2) is 7.32. The number of halogens is 2. The lowest BCUT2D eigenvalue weighted by molar-refractivity contribution is -0.138. The first-order valence-electron chi connectivity index (χ1n) is 7.59. The van der Waals surface area contributed by atoms with Gasteiger partial charge >= 0.3 is 11.9 Å². The number of hydrogen-bond acceptors (Lipinski definition) is 6. The number of carbonyl (C=O) groups is 2. The van der Waals surface area contributed by atoms with Crippen LogP contribution in [0.3, 0.4) is 0 Å². The van der Waals surface area contributed by atoms with Gasteiger partial charge < -0.3 is 14.2 Å². The number of rotatable bonds is 4. The molecule has 0 saturated heterocycles. The van der Waals surface area contributed by atoms with Crippen molar-refractivity contribution in [1.29, 1.82) is 0 Å². The highest BCUT2D eigenvalue weighted by Gasteiger charge is 2.43. The van der Waals surface area contributed by atoms with E-state index in [1.165, 1.54) is 6.07 Å². The Kier molecular flexibility index (Phi) is 5.32. The van der Waals surface area contributed by atoms with Gasteiger partial charge in [0, 0.05) is 10.6 Å². The van der Waals surface area contributed by atoms with Gasteiger partial charge in [-0.05, 0) is 31.4 Å². The fourth-order valence-corrected chi connectivity index (χ4v) is 4.25. The van der Waals surface area contributed by atoms with Crippen LogP contribution in [0.15, 0.2) is 33.8 Å². The van der Waals surface area contributed by atoms with Gasteiger partial charge in [0.2, 0.25) is 0 Å². The lowest BCUT2D eigenvalue weighted by Gasteiger charge is -2.32. The van der Waals surface area contributed by atoms with Crippen LogP contribution in [0.2, 0.25) is 10.0 Å². The van der Waals surface area contributed by atoms with Crippen LogP contribution in [-0.4, -0.2) is 25.2 Å². The van der Waals surface area contributed by atoms with Crippen LogP contribution in [0.25, 0.3) is 0 Å². The van der Waals surface area contributed by atoms with Crippen molar-refractivity contribution in [3.63, 3.8) is 0 Å². The summed E-state index contributed by atoms with van der Waals surface area (Å²) in [6, 6.07) is 3.12. The molecule has 0 N–H and O–H groups in total. The van der Waals surface area contributed by atoms with Crippen LogP contribution in [0.4, 0.5) is 0 Å². The quantitative estimate of drug-likeness (QED) is 0.549. The molecule has 25 heavy (non-hydrogen) atoms. The molecule has 2 aliphatic rings. The van der Waals surface area contributed by atoms with Gasteiger partial charge in [-0.15, -0.1) is 0 Å². The minimum absolute atomic E-state index is 0.197. The average molecular weight is 401 g/mol. The number of ether oxygens (including phenoxy) is 3. The summed E-state index contributed by atoms with van der Waals surface area (Å²) in [5.74, 6) is -1.62. The molecule has 0 bridgehead atoms. The number of carbonyl (C=O) groups excluding carboxylic acids is 2. The maximum Gasteiger partial charge on any atom is 0.344 e. The molecular formula is C17H14Cl2O5S. The van der Waals surface area contributed by atoms with E-state index in [1.807, 2.05) is 6.92 Å². The second-order valence-electron chi connectivity index (χ2n) is 5.17. The summed E-state index contributed by atoms with van der Waals surface area (Å²) >= 11 is 13.5. The molecule has 0 amide bonds. The Labute approximate surface area is 158 Å². The zero-order valence-corrected chi connectivity index (χ0v) is 15.8. The van der Waals surface area contributed by atoms with E-state index >= 15 is 0 Å². The minimum atomic E-state index is -0.700. The first-order valence-corrected chi connectivity index (χ1v) is 9.23. The summed E-state index contributed by atoms with van der Waals surface area (Å²) in [5.41, 5.74) is 1.11. The van der Waals surface area contributed by atoms with Gasteiger partial charge in [-0.1, -0.05) is 35.0 Å². The van der Waals surface area contributed by atoms with Crippen molar-refractivity contribution >= 4 is 46.9 Å². The molecule has 1 aromatic carbocycles. The van der Waals surface area contributed by atoms with Crippen molar-refractivity contribution in [3.8, 4) is 5.75 Å². The molecular weight excluding hydrogens is 387 g/mol. The summed E-state index contributed by atoms with van der Waals surface area (Å²) in [6.07, 6.45) is 0. The molecule has 5 nitrogen and oxygen atoms in total. The summed E-state index contributed by atoms with van der Waals surface area (Å²) in [4.78, 5) is 25.0. The Bertz CT molecular complexity index is 816. The van der Waals surface area contributed by atoms with Gasteiger partial charge in [0.15, 0.2) is 10.8 Å². The first kappa shape index (κ1) is 18.2. The Balaban J connectivity index is 2.21. The van der Waals surface area contributed by atoms with E-state index < -0.39 is 17.9 Å². The predicted molar refractivity (Wildman–Crippen MR) is 95.8 cm³/mol. The zero-order chi connectivity index (χ0) is 18.1. The molecule has 0 saturated carbocycles. The van der Waals surface area contributed by atoms with Gasteiger partial charge in [-0.2, -0.15) is 0 Å². The van der Waals surface area contributed by atoms with E-state index in [0.717, 1.165) is 11.8 Å². The number of hydrogen-bond donors (Lipinski definition) is 0. The molecule has 0 spiro atoms.